The number of amides is 1. The number of hydrogen-bond acceptors (Lipinski definition) is 2. The van der Waals surface area contributed by atoms with Crippen LogP contribution in [-0.4, -0.2) is 30.0 Å². The SMILES string of the molecule is O=CCCC(F)(F)CNC(=O)O. The van der Waals surface area contributed by atoms with Gasteiger partial charge in [0, 0.05) is 12.8 Å². The van der Waals surface area contributed by atoms with Crippen molar-refractivity contribution in [2.75, 3.05) is 6.54 Å². The lowest BCUT2D eigenvalue weighted by Gasteiger charge is -2.13. The zero-order valence-electron chi connectivity index (χ0n) is 6.22. The summed E-state index contributed by atoms with van der Waals surface area (Å²) in [5.41, 5.74) is 0. The van der Waals surface area contributed by atoms with Crippen molar-refractivity contribution in [2.24, 2.45) is 0 Å². The summed E-state index contributed by atoms with van der Waals surface area (Å²) in [6, 6.07) is 0. The summed E-state index contributed by atoms with van der Waals surface area (Å²) < 4.78 is 25.0. The third kappa shape index (κ3) is 5.57. The first-order chi connectivity index (χ1) is 5.48. The minimum atomic E-state index is -3.14. The predicted molar refractivity (Wildman–Crippen MR) is 36.3 cm³/mol. The average molecular weight is 181 g/mol. The van der Waals surface area contributed by atoms with Gasteiger partial charge in [-0.2, -0.15) is 0 Å². The molecule has 1 amide bonds. The largest absolute Gasteiger partial charge is 0.465 e. The van der Waals surface area contributed by atoms with E-state index < -0.39 is 25.0 Å². The van der Waals surface area contributed by atoms with Gasteiger partial charge in [0.05, 0.1) is 6.54 Å². The molecule has 0 bridgehead atoms. The first-order valence-electron chi connectivity index (χ1n) is 3.26. The van der Waals surface area contributed by atoms with Crippen molar-refractivity contribution in [3.8, 4) is 0 Å². The fraction of sp³-hybridized carbons (Fsp3) is 0.667. The van der Waals surface area contributed by atoms with E-state index in [0.29, 0.717) is 6.29 Å². The van der Waals surface area contributed by atoms with Crippen LogP contribution in [0, 0.1) is 0 Å². The fourth-order valence-electron chi connectivity index (χ4n) is 0.563. The summed E-state index contributed by atoms with van der Waals surface area (Å²) in [6.07, 6.45) is -2.03. The van der Waals surface area contributed by atoms with Gasteiger partial charge in [-0.25, -0.2) is 13.6 Å². The quantitative estimate of drug-likeness (QED) is 0.618. The Hall–Kier alpha value is -1.20. The van der Waals surface area contributed by atoms with Crippen molar-refractivity contribution in [3.05, 3.63) is 0 Å². The zero-order chi connectivity index (χ0) is 9.61. The van der Waals surface area contributed by atoms with Gasteiger partial charge in [0.25, 0.3) is 5.92 Å². The lowest BCUT2D eigenvalue weighted by Crippen LogP contribution is -2.35. The molecule has 4 nitrogen and oxygen atoms in total. The number of carbonyl (C=O) groups excluding carboxylic acids is 1. The number of carbonyl (C=O) groups is 2. The Kier molecular flexibility index (Phi) is 4.17. The van der Waals surface area contributed by atoms with Crippen molar-refractivity contribution in [1.29, 1.82) is 0 Å². The van der Waals surface area contributed by atoms with Crippen LogP contribution in [0.1, 0.15) is 12.8 Å². The highest BCUT2D eigenvalue weighted by atomic mass is 19.3. The second-order valence-corrected chi connectivity index (χ2v) is 2.22. The van der Waals surface area contributed by atoms with Crippen LogP contribution >= 0.6 is 0 Å². The molecule has 0 saturated carbocycles. The second-order valence-electron chi connectivity index (χ2n) is 2.22. The van der Waals surface area contributed by atoms with Gasteiger partial charge in [-0.05, 0) is 0 Å². The van der Waals surface area contributed by atoms with E-state index >= 15 is 0 Å². The van der Waals surface area contributed by atoms with Gasteiger partial charge in [-0.3, -0.25) is 0 Å². The molecular formula is C6H9F2NO3. The van der Waals surface area contributed by atoms with Gasteiger partial charge in [-0.1, -0.05) is 0 Å². The molecule has 0 aromatic heterocycles. The van der Waals surface area contributed by atoms with Crippen LogP contribution in [-0.2, 0) is 4.79 Å². The molecule has 0 radical (unpaired) electrons. The standard InChI is InChI=1S/C6H9F2NO3/c7-6(8,2-1-3-10)4-9-5(11)12/h3,9H,1-2,4H2,(H,11,12). The van der Waals surface area contributed by atoms with E-state index in [9.17, 15) is 18.4 Å². The van der Waals surface area contributed by atoms with E-state index in [1.807, 2.05) is 0 Å². The number of aldehydes is 1. The lowest BCUT2D eigenvalue weighted by molar-refractivity contribution is -0.109. The van der Waals surface area contributed by atoms with Crippen LogP contribution in [0.4, 0.5) is 13.6 Å². The van der Waals surface area contributed by atoms with Crippen molar-refractivity contribution in [2.45, 2.75) is 18.8 Å². The number of rotatable bonds is 5. The van der Waals surface area contributed by atoms with E-state index in [0.717, 1.165) is 0 Å². The highest BCUT2D eigenvalue weighted by molar-refractivity contribution is 5.64. The van der Waals surface area contributed by atoms with Crippen LogP contribution < -0.4 is 5.32 Å². The summed E-state index contributed by atoms with van der Waals surface area (Å²) in [6.45, 7) is -0.948. The van der Waals surface area contributed by atoms with Crippen molar-refractivity contribution < 1.29 is 23.5 Å². The Bertz CT molecular complexity index is 172. The van der Waals surface area contributed by atoms with Crippen LogP contribution in [0.15, 0.2) is 0 Å². The third-order valence-electron chi connectivity index (χ3n) is 1.13. The van der Waals surface area contributed by atoms with Crippen LogP contribution in [0.3, 0.4) is 0 Å². The Morgan fingerprint density at radius 2 is 2.17 bits per heavy atom. The van der Waals surface area contributed by atoms with E-state index in [1.165, 1.54) is 0 Å². The minimum absolute atomic E-state index is 0.270. The molecule has 0 unspecified atom stereocenters. The minimum Gasteiger partial charge on any atom is -0.465 e. The topological polar surface area (TPSA) is 66.4 Å². The van der Waals surface area contributed by atoms with E-state index in [4.69, 9.17) is 5.11 Å². The molecule has 0 aliphatic carbocycles. The smallest absolute Gasteiger partial charge is 0.404 e. The molecule has 70 valence electrons. The van der Waals surface area contributed by atoms with Gasteiger partial charge in [-0.15, -0.1) is 0 Å². The molecule has 0 atom stereocenters. The van der Waals surface area contributed by atoms with E-state index in [2.05, 4.69) is 0 Å². The molecule has 0 aliphatic rings. The van der Waals surface area contributed by atoms with E-state index in [-0.39, 0.29) is 6.42 Å². The number of halogens is 2. The second kappa shape index (κ2) is 4.63. The Balaban J connectivity index is 3.69. The fourth-order valence-corrected chi connectivity index (χ4v) is 0.563. The summed E-state index contributed by atoms with van der Waals surface area (Å²) in [7, 11) is 0. The summed E-state index contributed by atoms with van der Waals surface area (Å²) in [4.78, 5) is 19.5. The normalized spacial score (nSPS) is 10.8. The molecule has 6 heteroatoms. The predicted octanol–water partition coefficient (Wildman–Crippen LogP) is 0.868. The van der Waals surface area contributed by atoms with Gasteiger partial charge in [0.15, 0.2) is 0 Å². The van der Waals surface area contributed by atoms with Crippen molar-refractivity contribution in [3.63, 3.8) is 0 Å². The molecule has 0 aliphatic heterocycles. The number of hydrogen-bond donors (Lipinski definition) is 2. The maximum atomic E-state index is 12.5. The van der Waals surface area contributed by atoms with Crippen LogP contribution in [0.2, 0.25) is 0 Å². The Morgan fingerprint density at radius 3 is 2.58 bits per heavy atom. The van der Waals surface area contributed by atoms with Crippen molar-refractivity contribution in [1.82, 2.24) is 5.32 Å². The van der Waals surface area contributed by atoms with Gasteiger partial charge in [0.1, 0.15) is 6.29 Å². The van der Waals surface area contributed by atoms with Crippen LogP contribution in [0.25, 0.3) is 0 Å². The van der Waals surface area contributed by atoms with Gasteiger partial charge < -0.3 is 15.2 Å². The van der Waals surface area contributed by atoms with Gasteiger partial charge >= 0.3 is 6.09 Å². The molecule has 0 aromatic carbocycles. The number of carboxylic acid groups (broad SMARTS) is 1. The molecule has 2 N–H and O–H groups in total. The molecule has 12 heavy (non-hydrogen) atoms. The van der Waals surface area contributed by atoms with Gasteiger partial charge in [0.2, 0.25) is 0 Å². The molecule has 0 saturated heterocycles. The molecule has 0 aromatic rings. The number of alkyl halides is 2. The first-order valence-corrected chi connectivity index (χ1v) is 3.26. The summed E-state index contributed by atoms with van der Waals surface area (Å²) in [5.74, 6) is -3.14. The summed E-state index contributed by atoms with van der Waals surface area (Å²) in [5, 5.41) is 9.53. The highest BCUT2D eigenvalue weighted by Gasteiger charge is 2.28. The monoisotopic (exact) mass is 181 g/mol. The Labute approximate surface area is 67.6 Å². The molecular weight excluding hydrogens is 172 g/mol. The Morgan fingerprint density at radius 1 is 1.58 bits per heavy atom. The highest BCUT2D eigenvalue weighted by Crippen LogP contribution is 2.17. The van der Waals surface area contributed by atoms with E-state index in [1.54, 1.807) is 5.32 Å². The lowest BCUT2D eigenvalue weighted by atomic mass is 10.2. The van der Waals surface area contributed by atoms with Crippen molar-refractivity contribution >= 4 is 12.4 Å². The molecule has 0 heterocycles. The van der Waals surface area contributed by atoms with Crippen LogP contribution in [0.5, 0.6) is 0 Å². The maximum absolute atomic E-state index is 12.5. The first kappa shape index (κ1) is 10.8. The maximum Gasteiger partial charge on any atom is 0.404 e. The zero-order valence-corrected chi connectivity index (χ0v) is 6.22. The molecule has 0 rings (SSSR count). The molecule has 0 spiro atoms. The third-order valence-corrected chi connectivity index (χ3v) is 1.13. The molecule has 0 fully saturated rings. The number of nitrogens with one attached hydrogen (secondary N) is 1. The average Bonchev–Trinajstić information content (AvgIpc) is 1.98. The summed E-state index contributed by atoms with van der Waals surface area (Å²) >= 11 is 0.